The Kier molecular flexibility index (Phi) is 7.56. The zero-order valence-corrected chi connectivity index (χ0v) is 18.9. The SMILES string of the molecule is CCOc1cc(/C=C(/C#N)C(=O)Nc2cc(C)ccc2C)ccc1Oc1ccc([N+](=O)[O-])cn1. The number of anilines is 1. The molecule has 0 bridgehead atoms. The van der Waals surface area contributed by atoms with Gasteiger partial charge < -0.3 is 14.8 Å². The highest BCUT2D eigenvalue weighted by atomic mass is 16.6. The van der Waals surface area contributed by atoms with Crippen LogP contribution in [0, 0.1) is 35.3 Å². The van der Waals surface area contributed by atoms with Gasteiger partial charge in [0.15, 0.2) is 11.5 Å². The van der Waals surface area contributed by atoms with Gasteiger partial charge in [-0.15, -0.1) is 0 Å². The Morgan fingerprint density at radius 3 is 2.62 bits per heavy atom. The molecule has 0 aliphatic carbocycles. The number of ether oxygens (including phenoxy) is 2. The van der Waals surface area contributed by atoms with E-state index in [1.54, 1.807) is 25.1 Å². The van der Waals surface area contributed by atoms with Crippen molar-refractivity contribution in [2.75, 3.05) is 11.9 Å². The number of amides is 1. The highest BCUT2D eigenvalue weighted by Gasteiger charge is 2.14. The van der Waals surface area contributed by atoms with Gasteiger partial charge in [-0.1, -0.05) is 18.2 Å². The molecule has 0 aliphatic rings. The van der Waals surface area contributed by atoms with Crippen molar-refractivity contribution in [3.63, 3.8) is 0 Å². The number of carbonyl (C=O) groups excluding carboxylic acids is 1. The van der Waals surface area contributed by atoms with Gasteiger partial charge in [-0.2, -0.15) is 5.26 Å². The third-order valence-electron chi connectivity index (χ3n) is 4.73. The molecule has 1 aromatic heterocycles. The largest absolute Gasteiger partial charge is 0.490 e. The minimum Gasteiger partial charge on any atom is -0.490 e. The van der Waals surface area contributed by atoms with Crippen molar-refractivity contribution < 1.29 is 19.2 Å². The van der Waals surface area contributed by atoms with Crippen molar-refractivity contribution >= 4 is 23.4 Å². The van der Waals surface area contributed by atoms with Crippen LogP contribution in [0.3, 0.4) is 0 Å². The Bertz CT molecular complexity index is 1290. The molecule has 0 unspecified atom stereocenters. The van der Waals surface area contributed by atoms with Crippen LogP contribution in [-0.2, 0) is 4.79 Å². The van der Waals surface area contributed by atoms with E-state index in [1.165, 1.54) is 18.2 Å². The number of hydrogen-bond donors (Lipinski definition) is 1. The maximum absolute atomic E-state index is 12.7. The smallest absolute Gasteiger partial charge is 0.287 e. The van der Waals surface area contributed by atoms with Crippen molar-refractivity contribution in [3.05, 3.63) is 87.1 Å². The molecule has 1 N–H and O–H groups in total. The van der Waals surface area contributed by atoms with Gasteiger partial charge in [-0.3, -0.25) is 14.9 Å². The first kappa shape index (κ1) is 23.9. The molecule has 34 heavy (non-hydrogen) atoms. The maximum atomic E-state index is 12.7. The number of nitrogens with zero attached hydrogens (tertiary/aromatic N) is 3. The normalized spacial score (nSPS) is 10.8. The second kappa shape index (κ2) is 10.7. The van der Waals surface area contributed by atoms with Gasteiger partial charge in [0.05, 0.1) is 11.5 Å². The van der Waals surface area contributed by atoms with Crippen LogP contribution in [0.5, 0.6) is 17.4 Å². The van der Waals surface area contributed by atoms with Crippen molar-refractivity contribution in [1.82, 2.24) is 4.98 Å². The monoisotopic (exact) mass is 458 g/mol. The highest BCUT2D eigenvalue weighted by Crippen LogP contribution is 2.33. The number of nitriles is 1. The van der Waals surface area contributed by atoms with E-state index in [9.17, 15) is 20.2 Å². The number of rotatable bonds is 8. The third-order valence-corrected chi connectivity index (χ3v) is 4.73. The predicted octanol–water partition coefficient (Wildman–Crippen LogP) is 5.34. The van der Waals surface area contributed by atoms with E-state index in [1.807, 2.05) is 38.1 Å². The first-order valence-corrected chi connectivity index (χ1v) is 10.4. The fraction of sp³-hybridized carbons (Fsp3) is 0.160. The van der Waals surface area contributed by atoms with Crippen molar-refractivity contribution in [2.24, 2.45) is 0 Å². The van der Waals surface area contributed by atoms with E-state index in [0.717, 1.165) is 17.3 Å². The Balaban J connectivity index is 1.84. The van der Waals surface area contributed by atoms with E-state index in [2.05, 4.69) is 10.3 Å². The van der Waals surface area contributed by atoms with Crippen LogP contribution in [0.25, 0.3) is 6.08 Å². The van der Waals surface area contributed by atoms with Crippen molar-refractivity contribution in [3.8, 4) is 23.4 Å². The van der Waals surface area contributed by atoms with Crippen LogP contribution in [-0.4, -0.2) is 22.4 Å². The summed E-state index contributed by atoms with van der Waals surface area (Å²) in [5, 5.41) is 23.1. The molecule has 172 valence electrons. The van der Waals surface area contributed by atoms with Gasteiger partial charge in [-0.05, 0) is 61.7 Å². The summed E-state index contributed by atoms with van der Waals surface area (Å²) in [7, 11) is 0. The van der Waals surface area contributed by atoms with Gasteiger partial charge in [0.2, 0.25) is 5.88 Å². The molecule has 0 fully saturated rings. The average molecular weight is 458 g/mol. The second-order valence-electron chi connectivity index (χ2n) is 7.30. The molecule has 3 rings (SSSR count). The summed E-state index contributed by atoms with van der Waals surface area (Å²) in [5.41, 5.74) is 2.84. The summed E-state index contributed by atoms with van der Waals surface area (Å²) in [5.74, 6) is 0.326. The molecule has 0 spiro atoms. The molecular weight excluding hydrogens is 436 g/mol. The van der Waals surface area contributed by atoms with Gasteiger partial charge in [0, 0.05) is 17.8 Å². The predicted molar refractivity (Wildman–Crippen MR) is 127 cm³/mol. The Labute approximate surface area is 196 Å². The second-order valence-corrected chi connectivity index (χ2v) is 7.30. The molecule has 1 amide bonds. The van der Waals surface area contributed by atoms with E-state index in [4.69, 9.17) is 9.47 Å². The van der Waals surface area contributed by atoms with E-state index >= 15 is 0 Å². The molecule has 9 nitrogen and oxygen atoms in total. The number of aromatic nitrogens is 1. The average Bonchev–Trinajstić information content (AvgIpc) is 2.81. The number of nitro groups is 1. The summed E-state index contributed by atoms with van der Waals surface area (Å²) >= 11 is 0. The van der Waals surface area contributed by atoms with Crippen LogP contribution in [0.15, 0.2) is 60.3 Å². The zero-order chi connectivity index (χ0) is 24.7. The van der Waals surface area contributed by atoms with Crippen molar-refractivity contribution in [1.29, 1.82) is 5.26 Å². The minimum absolute atomic E-state index is 0.0749. The van der Waals surface area contributed by atoms with E-state index < -0.39 is 10.8 Å². The summed E-state index contributed by atoms with van der Waals surface area (Å²) in [4.78, 5) is 26.9. The first-order chi connectivity index (χ1) is 16.3. The highest BCUT2D eigenvalue weighted by molar-refractivity contribution is 6.10. The molecule has 3 aromatic rings. The number of nitrogens with one attached hydrogen (secondary N) is 1. The van der Waals surface area contributed by atoms with Crippen LogP contribution in [0.4, 0.5) is 11.4 Å². The van der Waals surface area contributed by atoms with Gasteiger partial charge in [0.1, 0.15) is 17.8 Å². The lowest BCUT2D eigenvalue weighted by atomic mass is 10.1. The quantitative estimate of drug-likeness (QED) is 0.209. The standard InChI is InChI=1S/C25H22N4O5/c1-4-33-23-13-18(7-9-22(23)34-24-10-8-20(15-27-24)29(31)32)12-19(14-26)25(30)28-21-11-16(2)5-6-17(21)3/h5-13,15H,4H2,1-3H3,(H,28,30)/b19-12-. The fourth-order valence-electron chi connectivity index (χ4n) is 3.00. The van der Waals surface area contributed by atoms with E-state index in [0.29, 0.717) is 29.4 Å². The first-order valence-electron chi connectivity index (χ1n) is 10.4. The van der Waals surface area contributed by atoms with Crippen LogP contribution in [0.2, 0.25) is 0 Å². The maximum Gasteiger partial charge on any atom is 0.287 e. The Morgan fingerprint density at radius 1 is 1.18 bits per heavy atom. The molecule has 2 aromatic carbocycles. The molecule has 0 radical (unpaired) electrons. The third kappa shape index (κ3) is 5.95. The number of pyridine rings is 1. The number of benzene rings is 2. The van der Waals surface area contributed by atoms with Gasteiger partial charge in [0.25, 0.3) is 11.6 Å². The van der Waals surface area contributed by atoms with Crippen LogP contribution >= 0.6 is 0 Å². The lowest BCUT2D eigenvalue weighted by Crippen LogP contribution is -2.14. The zero-order valence-electron chi connectivity index (χ0n) is 18.9. The summed E-state index contributed by atoms with van der Waals surface area (Å²) in [6.45, 7) is 5.93. The number of aryl methyl sites for hydroxylation is 2. The van der Waals surface area contributed by atoms with Gasteiger partial charge in [-0.25, -0.2) is 4.98 Å². The molecule has 0 atom stereocenters. The fourth-order valence-corrected chi connectivity index (χ4v) is 3.00. The summed E-state index contributed by atoms with van der Waals surface area (Å²) in [6, 6.07) is 15.2. The Hall–Kier alpha value is -4.71. The van der Waals surface area contributed by atoms with Crippen molar-refractivity contribution in [2.45, 2.75) is 20.8 Å². The van der Waals surface area contributed by atoms with Crippen LogP contribution in [0.1, 0.15) is 23.6 Å². The summed E-state index contributed by atoms with van der Waals surface area (Å²) in [6.07, 6.45) is 2.55. The van der Waals surface area contributed by atoms with Crippen LogP contribution < -0.4 is 14.8 Å². The lowest BCUT2D eigenvalue weighted by molar-refractivity contribution is -0.385. The topological polar surface area (TPSA) is 127 Å². The molecule has 0 aliphatic heterocycles. The number of hydrogen-bond acceptors (Lipinski definition) is 7. The Morgan fingerprint density at radius 2 is 1.97 bits per heavy atom. The molecule has 0 saturated heterocycles. The minimum atomic E-state index is -0.549. The molecule has 1 heterocycles. The molecule has 9 heteroatoms. The lowest BCUT2D eigenvalue weighted by Gasteiger charge is -2.12. The molecular formula is C25H22N4O5. The van der Waals surface area contributed by atoms with E-state index in [-0.39, 0.29) is 17.1 Å². The molecule has 0 saturated carbocycles. The number of carbonyl (C=O) groups is 1. The van der Waals surface area contributed by atoms with Gasteiger partial charge >= 0.3 is 0 Å². The summed E-state index contributed by atoms with van der Waals surface area (Å²) < 4.78 is 11.3.